The van der Waals surface area contributed by atoms with E-state index in [1.54, 1.807) is 12.1 Å². The fourth-order valence-electron chi connectivity index (χ4n) is 2.20. The van der Waals surface area contributed by atoms with E-state index >= 15 is 0 Å². The van der Waals surface area contributed by atoms with Crippen molar-refractivity contribution in [3.05, 3.63) is 24.2 Å². The molecular formula is C12H18N2O2. The first-order chi connectivity index (χ1) is 7.72. The Morgan fingerprint density at radius 3 is 3.06 bits per heavy atom. The predicted octanol–water partition coefficient (Wildman–Crippen LogP) is 1.48. The fraction of sp³-hybridized carbons (Fsp3) is 0.583. The first kappa shape index (κ1) is 11.2. The number of rotatable bonds is 2. The van der Waals surface area contributed by atoms with Gasteiger partial charge in [0, 0.05) is 12.6 Å². The van der Waals surface area contributed by atoms with Gasteiger partial charge in [0.15, 0.2) is 5.76 Å². The van der Waals surface area contributed by atoms with E-state index in [1.165, 1.54) is 6.26 Å². The largest absolute Gasteiger partial charge is 0.459 e. The molecule has 4 nitrogen and oxygen atoms in total. The van der Waals surface area contributed by atoms with Gasteiger partial charge in [-0.2, -0.15) is 0 Å². The van der Waals surface area contributed by atoms with Crippen LogP contribution in [-0.4, -0.2) is 29.9 Å². The van der Waals surface area contributed by atoms with Crippen LogP contribution in [0.1, 0.15) is 30.3 Å². The first-order valence-electron chi connectivity index (χ1n) is 5.77. The van der Waals surface area contributed by atoms with Gasteiger partial charge in [-0.3, -0.25) is 4.79 Å². The number of nitrogens with zero attached hydrogens (tertiary/aromatic N) is 1. The highest BCUT2D eigenvalue weighted by Gasteiger charge is 2.29. The molecule has 2 rings (SSSR count). The van der Waals surface area contributed by atoms with Crippen molar-refractivity contribution in [2.45, 2.75) is 25.8 Å². The fourth-order valence-corrected chi connectivity index (χ4v) is 2.20. The quantitative estimate of drug-likeness (QED) is 0.824. The summed E-state index contributed by atoms with van der Waals surface area (Å²) in [5, 5.41) is 0. The van der Waals surface area contributed by atoms with Crippen molar-refractivity contribution in [3.8, 4) is 0 Å². The van der Waals surface area contributed by atoms with Gasteiger partial charge in [0.1, 0.15) is 0 Å². The second-order valence-electron chi connectivity index (χ2n) is 4.46. The normalized spacial score (nSPS) is 25.8. The molecule has 1 aromatic rings. The third kappa shape index (κ3) is 2.11. The zero-order chi connectivity index (χ0) is 11.5. The van der Waals surface area contributed by atoms with Crippen molar-refractivity contribution in [2.24, 2.45) is 11.7 Å². The molecule has 2 heterocycles. The molecule has 0 radical (unpaired) electrons. The number of carbonyl (C=O) groups excluding carboxylic acids is 1. The summed E-state index contributed by atoms with van der Waals surface area (Å²) in [4.78, 5) is 14.0. The molecule has 1 aromatic heterocycles. The molecule has 1 aliphatic rings. The van der Waals surface area contributed by atoms with Gasteiger partial charge in [0.05, 0.1) is 6.26 Å². The van der Waals surface area contributed by atoms with Crippen LogP contribution in [0.15, 0.2) is 22.8 Å². The maximum atomic E-state index is 12.1. The summed E-state index contributed by atoms with van der Waals surface area (Å²) >= 11 is 0. The standard InChI is InChI=1S/C12H18N2O2/c1-9-4-5-10(7-13)8-14(9)12(15)11-3-2-6-16-11/h2-3,6,9-10H,4-5,7-8,13H2,1H3. The topological polar surface area (TPSA) is 59.5 Å². The van der Waals surface area contributed by atoms with E-state index < -0.39 is 0 Å². The second kappa shape index (κ2) is 4.70. The van der Waals surface area contributed by atoms with E-state index in [1.807, 2.05) is 4.90 Å². The van der Waals surface area contributed by atoms with Crippen LogP contribution >= 0.6 is 0 Å². The zero-order valence-electron chi connectivity index (χ0n) is 9.56. The summed E-state index contributed by atoms with van der Waals surface area (Å²) in [7, 11) is 0. The van der Waals surface area contributed by atoms with Gasteiger partial charge in [0.2, 0.25) is 0 Å². The maximum absolute atomic E-state index is 12.1. The number of carbonyl (C=O) groups is 1. The summed E-state index contributed by atoms with van der Waals surface area (Å²) in [6.45, 7) is 3.47. The Bertz CT molecular complexity index is 348. The van der Waals surface area contributed by atoms with E-state index in [0.717, 1.165) is 19.4 Å². The van der Waals surface area contributed by atoms with Gasteiger partial charge in [-0.15, -0.1) is 0 Å². The summed E-state index contributed by atoms with van der Waals surface area (Å²) < 4.78 is 5.14. The number of hydrogen-bond donors (Lipinski definition) is 1. The molecule has 4 heteroatoms. The van der Waals surface area contributed by atoms with E-state index in [0.29, 0.717) is 18.2 Å². The van der Waals surface area contributed by atoms with Gasteiger partial charge in [-0.05, 0) is 44.4 Å². The van der Waals surface area contributed by atoms with Gasteiger partial charge in [-0.25, -0.2) is 0 Å². The van der Waals surface area contributed by atoms with Crippen molar-refractivity contribution >= 4 is 5.91 Å². The Balaban J connectivity index is 2.09. The van der Waals surface area contributed by atoms with Crippen LogP contribution in [0.3, 0.4) is 0 Å². The van der Waals surface area contributed by atoms with Gasteiger partial charge in [-0.1, -0.05) is 0 Å². The summed E-state index contributed by atoms with van der Waals surface area (Å²) in [5.41, 5.74) is 5.67. The molecule has 0 spiro atoms. The van der Waals surface area contributed by atoms with Crippen molar-refractivity contribution in [2.75, 3.05) is 13.1 Å². The molecule has 1 aliphatic heterocycles. The number of hydrogen-bond acceptors (Lipinski definition) is 3. The molecule has 88 valence electrons. The van der Waals surface area contributed by atoms with Crippen molar-refractivity contribution in [1.29, 1.82) is 0 Å². The maximum Gasteiger partial charge on any atom is 0.289 e. The second-order valence-corrected chi connectivity index (χ2v) is 4.46. The number of likely N-dealkylation sites (tertiary alicyclic amines) is 1. The lowest BCUT2D eigenvalue weighted by atomic mass is 9.93. The third-order valence-corrected chi connectivity index (χ3v) is 3.31. The molecule has 1 amide bonds. The van der Waals surface area contributed by atoms with Crippen LogP contribution in [0.2, 0.25) is 0 Å². The van der Waals surface area contributed by atoms with E-state index in [-0.39, 0.29) is 11.9 Å². The van der Waals surface area contributed by atoms with Gasteiger partial charge < -0.3 is 15.1 Å². The minimum Gasteiger partial charge on any atom is -0.459 e. The molecular weight excluding hydrogens is 204 g/mol. The van der Waals surface area contributed by atoms with Crippen molar-refractivity contribution in [1.82, 2.24) is 4.90 Å². The van der Waals surface area contributed by atoms with Crippen LogP contribution in [0, 0.1) is 5.92 Å². The minimum absolute atomic E-state index is 0.0179. The van der Waals surface area contributed by atoms with Crippen LogP contribution < -0.4 is 5.73 Å². The highest BCUT2D eigenvalue weighted by molar-refractivity contribution is 5.91. The number of amides is 1. The Kier molecular flexibility index (Phi) is 3.29. The van der Waals surface area contributed by atoms with Crippen LogP contribution in [0.25, 0.3) is 0 Å². The molecule has 0 aliphatic carbocycles. The average molecular weight is 222 g/mol. The van der Waals surface area contributed by atoms with Crippen LogP contribution in [0.4, 0.5) is 0 Å². The highest BCUT2D eigenvalue weighted by atomic mass is 16.3. The van der Waals surface area contributed by atoms with E-state index in [2.05, 4.69) is 6.92 Å². The first-order valence-corrected chi connectivity index (χ1v) is 5.77. The summed E-state index contributed by atoms with van der Waals surface area (Å²) in [5.74, 6) is 0.829. The Labute approximate surface area is 95.4 Å². The van der Waals surface area contributed by atoms with E-state index in [9.17, 15) is 4.79 Å². The lowest BCUT2D eigenvalue weighted by Crippen LogP contribution is -2.47. The summed E-state index contributed by atoms with van der Waals surface area (Å²) in [6, 6.07) is 3.73. The molecule has 0 saturated carbocycles. The van der Waals surface area contributed by atoms with Gasteiger partial charge in [0.25, 0.3) is 5.91 Å². The Morgan fingerprint density at radius 1 is 1.62 bits per heavy atom. The third-order valence-electron chi connectivity index (χ3n) is 3.31. The Hall–Kier alpha value is -1.29. The number of furan rings is 1. The van der Waals surface area contributed by atoms with Crippen molar-refractivity contribution < 1.29 is 9.21 Å². The Morgan fingerprint density at radius 2 is 2.44 bits per heavy atom. The molecule has 1 fully saturated rings. The van der Waals surface area contributed by atoms with E-state index in [4.69, 9.17) is 10.2 Å². The molecule has 2 atom stereocenters. The number of nitrogens with two attached hydrogens (primary N) is 1. The minimum atomic E-state index is -0.0179. The predicted molar refractivity (Wildman–Crippen MR) is 61.0 cm³/mol. The molecule has 2 unspecified atom stereocenters. The zero-order valence-corrected chi connectivity index (χ0v) is 9.56. The summed E-state index contributed by atoms with van der Waals surface area (Å²) in [6.07, 6.45) is 3.66. The molecule has 2 N–H and O–H groups in total. The van der Waals surface area contributed by atoms with Crippen molar-refractivity contribution in [3.63, 3.8) is 0 Å². The molecule has 16 heavy (non-hydrogen) atoms. The highest BCUT2D eigenvalue weighted by Crippen LogP contribution is 2.23. The monoisotopic (exact) mass is 222 g/mol. The molecule has 0 bridgehead atoms. The molecule has 1 saturated heterocycles. The van der Waals surface area contributed by atoms with Gasteiger partial charge >= 0.3 is 0 Å². The molecule has 0 aromatic carbocycles. The SMILES string of the molecule is CC1CCC(CN)CN1C(=O)c1ccco1. The van der Waals surface area contributed by atoms with Crippen LogP contribution in [-0.2, 0) is 0 Å². The van der Waals surface area contributed by atoms with Crippen LogP contribution in [0.5, 0.6) is 0 Å². The number of piperidine rings is 1. The lowest BCUT2D eigenvalue weighted by molar-refractivity contribution is 0.0535. The smallest absolute Gasteiger partial charge is 0.289 e. The lowest BCUT2D eigenvalue weighted by Gasteiger charge is -2.37. The average Bonchev–Trinajstić information content (AvgIpc) is 2.82.